The molecule has 0 radical (unpaired) electrons. The average molecular weight is 347 g/mol. The van der Waals surface area contributed by atoms with Crippen molar-refractivity contribution in [2.45, 2.75) is 12.8 Å². The Bertz CT molecular complexity index is 784. The third-order valence-electron chi connectivity index (χ3n) is 3.64. The number of imide groups is 1. The van der Waals surface area contributed by atoms with Crippen LogP contribution in [0.3, 0.4) is 0 Å². The lowest BCUT2D eigenvalue weighted by Crippen LogP contribution is -2.35. The Hall–Kier alpha value is -2.54. The monoisotopic (exact) mass is 347 g/mol. The fraction of sp³-hybridized carbons (Fsp3) is 0.235. The summed E-state index contributed by atoms with van der Waals surface area (Å²) in [5.41, 5.74) is 0.791. The highest BCUT2D eigenvalue weighted by Crippen LogP contribution is 2.28. The minimum Gasteiger partial charge on any atom is -0.451 e. The van der Waals surface area contributed by atoms with Gasteiger partial charge in [-0.25, -0.2) is 9.18 Å². The van der Waals surface area contributed by atoms with Gasteiger partial charge >= 0.3 is 5.97 Å². The van der Waals surface area contributed by atoms with Crippen LogP contribution in [-0.2, 0) is 14.3 Å². The Balaban J connectivity index is 1.60. The molecule has 1 aliphatic heterocycles. The van der Waals surface area contributed by atoms with Crippen molar-refractivity contribution in [3.05, 3.63) is 47.1 Å². The van der Waals surface area contributed by atoms with Crippen molar-refractivity contribution in [1.82, 2.24) is 4.90 Å². The van der Waals surface area contributed by atoms with Crippen LogP contribution >= 0.6 is 11.3 Å². The molecule has 24 heavy (non-hydrogen) atoms. The number of hydrogen-bond donors (Lipinski definition) is 0. The topological polar surface area (TPSA) is 63.7 Å². The van der Waals surface area contributed by atoms with E-state index in [1.807, 2.05) is 0 Å². The third-order valence-corrected chi connectivity index (χ3v) is 4.75. The normalized spacial score (nSPS) is 14.0. The maximum atomic E-state index is 12.9. The van der Waals surface area contributed by atoms with Gasteiger partial charge < -0.3 is 4.74 Å². The van der Waals surface area contributed by atoms with Gasteiger partial charge in [0.2, 0.25) is 5.91 Å². The zero-order valence-corrected chi connectivity index (χ0v) is 13.5. The molecule has 0 atom stereocenters. The number of amides is 2. The number of likely N-dealkylation sites (tertiary alicyclic amines) is 1. The molecule has 2 aromatic rings. The average Bonchev–Trinajstić information content (AvgIpc) is 3.22. The zero-order chi connectivity index (χ0) is 17.1. The van der Waals surface area contributed by atoms with Gasteiger partial charge in [-0.3, -0.25) is 14.5 Å². The van der Waals surface area contributed by atoms with E-state index < -0.39 is 18.5 Å². The molecule has 5 nitrogen and oxygen atoms in total. The summed E-state index contributed by atoms with van der Waals surface area (Å²) >= 11 is 1.20. The van der Waals surface area contributed by atoms with Crippen LogP contribution < -0.4 is 0 Å². The number of carbonyl (C=O) groups excluding carboxylic acids is 3. The van der Waals surface area contributed by atoms with Crippen LogP contribution in [0.4, 0.5) is 4.39 Å². The highest BCUT2D eigenvalue weighted by atomic mass is 32.1. The first kappa shape index (κ1) is 16.3. The van der Waals surface area contributed by atoms with E-state index in [9.17, 15) is 18.8 Å². The molecule has 1 aromatic heterocycles. The number of thiophene rings is 1. The van der Waals surface area contributed by atoms with Crippen molar-refractivity contribution in [1.29, 1.82) is 0 Å². The van der Waals surface area contributed by atoms with E-state index in [-0.39, 0.29) is 11.7 Å². The Morgan fingerprint density at radius 2 is 1.92 bits per heavy atom. The van der Waals surface area contributed by atoms with E-state index in [2.05, 4.69) is 0 Å². The molecule has 0 saturated carbocycles. The Morgan fingerprint density at radius 1 is 1.17 bits per heavy atom. The summed E-state index contributed by atoms with van der Waals surface area (Å²) in [5.74, 6) is -1.68. The van der Waals surface area contributed by atoms with E-state index >= 15 is 0 Å². The molecule has 0 N–H and O–H groups in total. The number of halogens is 1. The summed E-state index contributed by atoms with van der Waals surface area (Å²) < 4.78 is 17.9. The molecule has 7 heteroatoms. The number of esters is 1. The fourth-order valence-electron chi connectivity index (χ4n) is 2.41. The minimum atomic E-state index is -0.617. The maximum absolute atomic E-state index is 12.9. The quantitative estimate of drug-likeness (QED) is 0.798. The Labute approximate surface area is 141 Å². The van der Waals surface area contributed by atoms with Crippen LogP contribution in [0.2, 0.25) is 0 Å². The number of carbonyl (C=O) groups is 3. The van der Waals surface area contributed by atoms with E-state index in [4.69, 9.17) is 4.74 Å². The molecule has 1 fully saturated rings. The minimum absolute atomic E-state index is 0.231. The molecular weight excluding hydrogens is 333 g/mol. The van der Waals surface area contributed by atoms with Gasteiger partial charge in [0, 0.05) is 17.8 Å². The summed E-state index contributed by atoms with van der Waals surface area (Å²) in [7, 11) is 0. The van der Waals surface area contributed by atoms with Crippen LogP contribution in [0.1, 0.15) is 22.5 Å². The highest BCUT2D eigenvalue weighted by molar-refractivity contribution is 7.17. The second kappa shape index (κ2) is 6.92. The van der Waals surface area contributed by atoms with Crippen molar-refractivity contribution < 1.29 is 23.5 Å². The van der Waals surface area contributed by atoms with Crippen LogP contribution in [0, 0.1) is 5.82 Å². The van der Waals surface area contributed by atoms with Crippen LogP contribution in [0.5, 0.6) is 0 Å². The molecule has 2 amide bonds. The number of hydrogen-bond acceptors (Lipinski definition) is 5. The zero-order valence-electron chi connectivity index (χ0n) is 12.7. The lowest BCUT2D eigenvalue weighted by Gasteiger charge is -2.12. The summed E-state index contributed by atoms with van der Waals surface area (Å²) in [6.45, 7) is -0.0721. The number of nitrogens with zero attached hydrogens (tertiary/aromatic N) is 1. The first-order valence-corrected chi connectivity index (χ1v) is 8.22. The van der Waals surface area contributed by atoms with Gasteiger partial charge in [0.05, 0.1) is 0 Å². The summed E-state index contributed by atoms with van der Waals surface area (Å²) in [5, 5.41) is 0. The summed E-state index contributed by atoms with van der Waals surface area (Å²) in [6.07, 6.45) is 0.996. The molecule has 0 aliphatic carbocycles. The van der Waals surface area contributed by atoms with E-state index in [1.165, 1.54) is 23.5 Å². The molecule has 0 spiro atoms. The molecule has 124 valence electrons. The molecule has 1 saturated heterocycles. The van der Waals surface area contributed by atoms with Crippen molar-refractivity contribution >= 4 is 29.1 Å². The van der Waals surface area contributed by atoms with Gasteiger partial charge in [-0.15, -0.1) is 11.3 Å². The summed E-state index contributed by atoms with van der Waals surface area (Å²) in [4.78, 5) is 37.6. The Morgan fingerprint density at radius 3 is 2.58 bits per heavy atom. The van der Waals surface area contributed by atoms with Crippen molar-refractivity contribution in [2.75, 3.05) is 13.2 Å². The smallest absolute Gasteiger partial charge is 0.348 e. The van der Waals surface area contributed by atoms with Gasteiger partial charge in [-0.05, 0) is 36.2 Å². The van der Waals surface area contributed by atoms with E-state index in [0.717, 1.165) is 15.3 Å². The van der Waals surface area contributed by atoms with Gasteiger partial charge in [-0.1, -0.05) is 12.1 Å². The van der Waals surface area contributed by atoms with Crippen LogP contribution in [-0.4, -0.2) is 35.8 Å². The second-order valence-corrected chi connectivity index (χ2v) is 6.37. The number of benzene rings is 1. The lowest BCUT2D eigenvalue weighted by molar-refractivity contribution is -0.143. The summed E-state index contributed by atoms with van der Waals surface area (Å²) in [6, 6.07) is 9.27. The number of rotatable bonds is 4. The predicted octanol–water partition coefficient (Wildman–Crippen LogP) is 2.86. The second-order valence-electron chi connectivity index (χ2n) is 5.29. The molecule has 3 rings (SSSR count). The van der Waals surface area contributed by atoms with Crippen molar-refractivity contribution in [3.8, 4) is 10.4 Å². The molecular formula is C17H14FNO4S. The van der Waals surface area contributed by atoms with Crippen LogP contribution in [0.25, 0.3) is 10.4 Å². The van der Waals surface area contributed by atoms with E-state index in [1.54, 1.807) is 24.3 Å². The molecule has 0 bridgehead atoms. The molecule has 0 unspecified atom stereocenters. The van der Waals surface area contributed by atoms with Gasteiger partial charge in [0.15, 0.2) is 6.61 Å². The lowest BCUT2D eigenvalue weighted by atomic mass is 10.2. The van der Waals surface area contributed by atoms with E-state index in [0.29, 0.717) is 24.3 Å². The highest BCUT2D eigenvalue weighted by Gasteiger charge is 2.27. The van der Waals surface area contributed by atoms with Gasteiger partial charge in [-0.2, -0.15) is 0 Å². The van der Waals surface area contributed by atoms with Crippen molar-refractivity contribution in [2.24, 2.45) is 0 Å². The SMILES string of the molecule is O=C(OCC(=O)N1CCCC1=O)c1ccc(-c2ccc(F)cc2)s1. The molecule has 2 heterocycles. The van der Waals surface area contributed by atoms with Crippen LogP contribution in [0.15, 0.2) is 36.4 Å². The van der Waals surface area contributed by atoms with Crippen molar-refractivity contribution in [3.63, 3.8) is 0 Å². The third kappa shape index (κ3) is 3.51. The predicted molar refractivity (Wildman–Crippen MR) is 85.9 cm³/mol. The van der Waals surface area contributed by atoms with Gasteiger partial charge in [0.1, 0.15) is 10.7 Å². The van der Waals surface area contributed by atoms with Gasteiger partial charge in [0.25, 0.3) is 5.91 Å². The largest absolute Gasteiger partial charge is 0.451 e. The first-order valence-electron chi connectivity index (χ1n) is 7.41. The maximum Gasteiger partial charge on any atom is 0.348 e. The molecule has 1 aromatic carbocycles. The first-order chi connectivity index (χ1) is 11.5. The fourth-order valence-corrected chi connectivity index (χ4v) is 3.31. The Kier molecular flexibility index (Phi) is 4.71. The standard InChI is InChI=1S/C17H14FNO4S/c18-12-5-3-11(4-6-12)13-7-8-14(24-13)17(22)23-10-16(21)19-9-1-2-15(19)20/h3-8H,1-2,9-10H2. The number of ether oxygens (including phenoxy) is 1. The molecule has 1 aliphatic rings.